The molecule has 0 radical (unpaired) electrons. The van der Waals surface area contributed by atoms with Gasteiger partial charge in [0.25, 0.3) is 0 Å². The molecule has 0 atom stereocenters. The summed E-state index contributed by atoms with van der Waals surface area (Å²) in [6.07, 6.45) is 1.68. The van der Waals surface area contributed by atoms with Gasteiger partial charge in [0.1, 0.15) is 5.75 Å². The maximum absolute atomic E-state index is 5.47. The molecule has 0 fully saturated rings. The summed E-state index contributed by atoms with van der Waals surface area (Å²) in [6, 6.07) is 12.0. The molecule has 0 aliphatic rings. The number of hydrogen-bond donors (Lipinski definition) is 2. The number of nitrogens with one attached hydrogen (secondary N) is 1. The average Bonchev–Trinajstić information content (AvgIpc) is 2.39. The van der Waals surface area contributed by atoms with Gasteiger partial charge in [0.2, 0.25) is 0 Å². The van der Waals surface area contributed by atoms with Gasteiger partial charge in [0.05, 0.1) is 12.8 Å². The first-order chi connectivity index (χ1) is 9.19. The minimum Gasteiger partial charge on any atom is -0.494 e. The third kappa shape index (κ3) is 3.66. The van der Waals surface area contributed by atoms with E-state index in [0.717, 1.165) is 22.1 Å². The highest BCUT2D eigenvalue weighted by molar-refractivity contribution is 7.80. The first-order valence-electron chi connectivity index (χ1n) is 5.94. The van der Waals surface area contributed by atoms with E-state index < -0.39 is 0 Å². The zero-order valence-corrected chi connectivity index (χ0v) is 11.4. The number of benzene rings is 2. The Morgan fingerprint density at radius 1 is 1.32 bits per heavy atom. The SMILES string of the molecule is CCOc1ccc2cc(/C=N/NC(N)=S)ccc2c1. The fraction of sp³-hybridized carbons (Fsp3) is 0.143. The van der Waals surface area contributed by atoms with Crippen molar-refractivity contribution < 1.29 is 4.74 Å². The van der Waals surface area contributed by atoms with Crippen molar-refractivity contribution in [3.63, 3.8) is 0 Å². The molecule has 0 saturated carbocycles. The summed E-state index contributed by atoms with van der Waals surface area (Å²) in [5, 5.41) is 6.34. The van der Waals surface area contributed by atoms with E-state index in [0.29, 0.717) is 6.61 Å². The van der Waals surface area contributed by atoms with E-state index >= 15 is 0 Å². The summed E-state index contributed by atoms with van der Waals surface area (Å²) in [7, 11) is 0. The lowest BCUT2D eigenvalue weighted by Gasteiger charge is -2.05. The van der Waals surface area contributed by atoms with Crippen LogP contribution in [0.15, 0.2) is 41.5 Å². The van der Waals surface area contributed by atoms with Crippen LogP contribution >= 0.6 is 12.2 Å². The molecule has 0 heterocycles. The Bertz CT molecular complexity index is 625. The van der Waals surface area contributed by atoms with Crippen LogP contribution in [0.4, 0.5) is 0 Å². The largest absolute Gasteiger partial charge is 0.494 e. The zero-order valence-electron chi connectivity index (χ0n) is 10.6. The van der Waals surface area contributed by atoms with Gasteiger partial charge in [-0.2, -0.15) is 5.10 Å². The van der Waals surface area contributed by atoms with E-state index in [1.807, 2.05) is 43.3 Å². The third-order valence-corrected chi connectivity index (χ3v) is 2.63. The van der Waals surface area contributed by atoms with Crippen LogP contribution in [-0.2, 0) is 0 Å². The minimum atomic E-state index is 0.151. The third-order valence-electron chi connectivity index (χ3n) is 2.54. The summed E-state index contributed by atoms with van der Waals surface area (Å²) >= 11 is 4.67. The van der Waals surface area contributed by atoms with Crippen molar-refractivity contribution in [1.82, 2.24) is 5.43 Å². The lowest BCUT2D eigenvalue weighted by molar-refractivity contribution is 0.341. The summed E-state index contributed by atoms with van der Waals surface area (Å²) in [5.41, 5.74) is 8.78. The molecule has 2 aromatic rings. The van der Waals surface area contributed by atoms with Crippen LogP contribution in [0.3, 0.4) is 0 Å². The Balaban J connectivity index is 2.23. The Labute approximate surface area is 117 Å². The van der Waals surface area contributed by atoms with Crippen LogP contribution in [0.2, 0.25) is 0 Å². The molecule has 98 valence electrons. The number of fused-ring (bicyclic) bond motifs is 1. The van der Waals surface area contributed by atoms with E-state index in [9.17, 15) is 0 Å². The lowest BCUT2D eigenvalue weighted by atomic mass is 10.1. The lowest BCUT2D eigenvalue weighted by Crippen LogP contribution is -2.23. The van der Waals surface area contributed by atoms with Gasteiger partial charge in [-0.3, -0.25) is 5.43 Å². The maximum atomic E-state index is 5.47. The molecule has 4 nitrogen and oxygen atoms in total. The molecule has 19 heavy (non-hydrogen) atoms. The average molecular weight is 273 g/mol. The summed E-state index contributed by atoms with van der Waals surface area (Å²) in [6.45, 7) is 2.64. The molecular weight excluding hydrogens is 258 g/mol. The van der Waals surface area contributed by atoms with Crippen LogP contribution in [0.5, 0.6) is 5.75 Å². The Morgan fingerprint density at radius 3 is 2.79 bits per heavy atom. The second-order valence-electron chi connectivity index (χ2n) is 3.94. The van der Waals surface area contributed by atoms with Crippen LogP contribution in [-0.4, -0.2) is 17.9 Å². The summed E-state index contributed by atoms with van der Waals surface area (Å²) < 4.78 is 5.47. The van der Waals surface area contributed by atoms with Crippen molar-refractivity contribution in [1.29, 1.82) is 0 Å². The quantitative estimate of drug-likeness (QED) is 0.510. The van der Waals surface area contributed by atoms with Gasteiger partial charge in [-0.15, -0.1) is 0 Å². The second-order valence-corrected chi connectivity index (χ2v) is 4.38. The van der Waals surface area contributed by atoms with E-state index in [1.165, 1.54) is 0 Å². The fourth-order valence-corrected chi connectivity index (χ4v) is 1.80. The number of nitrogens with zero attached hydrogens (tertiary/aromatic N) is 1. The predicted molar refractivity (Wildman–Crippen MR) is 82.6 cm³/mol. The van der Waals surface area contributed by atoms with Crippen LogP contribution in [0.1, 0.15) is 12.5 Å². The molecular formula is C14H15N3OS. The Hall–Kier alpha value is -2.14. The topological polar surface area (TPSA) is 59.6 Å². The van der Waals surface area contributed by atoms with Gasteiger partial charge in [-0.25, -0.2) is 0 Å². The molecule has 2 aromatic carbocycles. The Kier molecular flexibility index (Phi) is 4.30. The highest BCUT2D eigenvalue weighted by Crippen LogP contribution is 2.21. The summed E-state index contributed by atoms with van der Waals surface area (Å²) in [4.78, 5) is 0. The molecule has 0 aliphatic carbocycles. The zero-order chi connectivity index (χ0) is 13.7. The van der Waals surface area contributed by atoms with Crippen molar-refractivity contribution in [3.05, 3.63) is 42.0 Å². The molecule has 0 amide bonds. The standard InChI is InChI=1S/C14H15N3OS/c1-2-18-13-6-5-11-7-10(3-4-12(11)8-13)9-16-17-14(15)19/h3-9H,2H2,1H3,(H3,15,17,19)/b16-9+. The minimum absolute atomic E-state index is 0.151. The van der Waals surface area contributed by atoms with Crippen LogP contribution in [0.25, 0.3) is 10.8 Å². The number of ether oxygens (including phenoxy) is 1. The van der Waals surface area contributed by atoms with E-state index in [4.69, 9.17) is 10.5 Å². The highest BCUT2D eigenvalue weighted by atomic mass is 32.1. The molecule has 0 unspecified atom stereocenters. The molecule has 3 N–H and O–H groups in total. The van der Waals surface area contributed by atoms with E-state index in [-0.39, 0.29) is 5.11 Å². The number of rotatable bonds is 4. The van der Waals surface area contributed by atoms with Gasteiger partial charge in [0.15, 0.2) is 5.11 Å². The fourth-order valence-electron chi connectivity index (χ4n) is 1.75. The van der Waals surface area contributed by atoms with Crippen molar-refractivity contribution in [2.45, 2.75) is 6.92 Å². The van der Waals surface area contributed by atoms with Gasteiger partial charge < -0.3 is 10.5 Å². The number of thiocarbonyl (C=S) groups is 1. The van der Waals surface area contributed by atoms with Crippen LogP contribution < -0.4 is 15.9 Å². The number of hydrazone groups is 1. The summed E-state index contributed by atoms with van der Waals surface area (Å²) in [5.74, 6) is 0.881. The smallest absolute Gasteiger partial charge is 0.184 e. The molecule has 5 heteroatoms. The molecule has 0 bridgehead atoms. The maximum Gasteiger partial charge on any atom is 0.184 e. The first-order valence-corrected chi connectivity index (χ1v) is 6.35. The van der Waals surface area contributed by atoms with Crippen molar-refractivity contribution in [2.24, 2.45) is 10.8 Å². The molecule has 2 rings (SSSR count). The van der Waals surface area contributed by atoms with Gasteiger partial charge in [-0.05, 0) is 53.7 Å². The normalized spacial score (nSPS) is 10.8. The van der Waals surface area contributed by atoms with Crippen molar-refractivity contribution >= 4 is 34.3 Å². The molecule has 0 aromatic heterocycles. The van der Waals surface area contributed by atoms with E-state index in [1.54, 1.807) is 6.21 Å². The first kappa shape index (κ1) is 13.3. The monoisotopic (exact) mass is 273 g/mol. The molecule has 0 saturated heterocycles. The highest BCUT2D eigenvalue weighted by Gasteiger charge is 1.98. The number of hydrogen-bond acceptors (Lipinski definition) is 3. The van der Waals surface area contributed by atoms with Crippen molar-refractivity contribution in [3.8, 4) is 5.75 Å². The van der Waals surface area contributed by atoms with Gasteiger partial charge in [0, 0.05) is 0 Å². The van der Waals surface area contributed by atoms with Crippen molar-refractivity contribution in [2.75, 3.05) is 6.61 Å². The van der Waals surface area contributed by atoms with E-state index in [2.05, 4.69) is 22.7 Å². The van der Waals surface area contributed by atoms with Gasteiger partial charge in [-0.1, -0.05) is 18.2 Å². The predicted octanol–water partition coefficient (Wildman–Crippen LogP) is 2.41. The molecule has 0 aliphatic heterocycles. The van der Waals surface area contributed by atoms with Crippen LogP contribution in [0, 0.1) is 0 Å². The Morgan fingerprint density at radius 2 is 2.05 bits per heavy atom. The van der Waals surface area contributed by atoms with Gasteiger partial charge >= 0.3 is 0 Å². The number of nitrogens with two attached hydrogens (primary N) is 1. The second kappa shape index (κ2) is 6.15. The molecule has 0 spiro atoms.